The predicted octanol–water partition coefficient (Wildman–Crippen LogP) is 1.04. The average molecular weight is 237 g/mol. The van der Waals surface area contributed by atoms with E-state index in [0.29, 0.717) is 13.2 Å². The first kappa shape index (κ1) is 13.2. The number of benzene rings is 1. The van der Waals surface area contributed by atoms with Crippen LogP contribution < -0.4 is 5.32 Å². The molecule has 5 heteroatoms. The summed E-state index contributed by atoms with van der Waals surface area (Å²) in [5.41, 5.74) is 0.955. The van der Waals surface area contributed by atoms with Gasteiger partial charge in [-0.15, -0.1) is 0 Å². The van der Waals surface area contributed by atoms with Crippen LogP contribution in [0.2, 0.25) is 0 Å². The van der Waals surface area contributed by atoms with Gasteiger partial charge in [-0.1, -0.05) is 12.1 Å². The lowest BCUT2D eigenvalue weighted by Gasteiger charge is -2.06. The van der Waals surface area contributed by atoms with Crippen LogP contribution in [-0.2, 0) is 16.1 Å². The first-order valence-corrected chi connectivity index (χ1v) is 5.30. The van der Waals surface area contributed by atoms with E-state index in [4.69, 9.17) is 9.84 Å². The van der Waals surface area contributed by atoms with E-state index in [2.05, 4.69) is 5.32 Å². The van der Waals surface area contributed by atoms with Crippen molar-refractivity contribution in [2.75, 3.05) is 13.2 Å². The molecule has 1 aromatic carbocycles. The van der Waals surface area contributed by atoms with E-state index in [1.165, 1.54) is 12.1 Å². The van der Waals surface area contributed by atoms with Crippen molar-refractivity contribution in [1.82, 2.24) is 5.32 Å². The molecular formula is C12H15NO4. The van der Waals surface area contributed by atoms with E-state index in [1.807, 2.05) is 6.92 Å². The smallest absolute Gasteiger partial charge is 0.335 e. The molecule has 0 spiro atoms. The highest BCUT2D eigenvalue weighted by Gasteiger charge is 2.04. The van der Waals surface area contributed by atoms with Crippen molar-refractivity contribution in [3.8, 4) is 0 Å². The lowest BCUT2D eigenvalue weighted by molar-refractivity contribution is -0.125. The Bertz CT molecular complexity index is 403. The van der Waals surface area contributed by atoms with E-state index in [0.717, 1.165) is 5.56 Å². The van der Waals surface area contributed by atoms with E-state index < -0.39 is 5.97 Å². The van der Waals surface area contributed by atoms with Crippen molar-refractivity contribution in [2.45, 2.75) is 13.5 Å². The lowest BCUT2D eigenvalue weighted by Crippen LogP contribution is -2.27. The zero-order valence-electron chi connectivity index (χ0n) is 9.60. The molecule has 92 valence electrons. The molecule has 0 saturated carbocycles. The molecule has 0 heterocycles. The number of carbonyl (C=O) groups is 2. The molecule has 0 radical (unpaired) electrons. The summed E-state index contributed by atoms with van der Waals surface area (Å²) in [7, 11) is 0. The van der Waals surface area contributed by atoms with Crippen LogP contribution in [-0.4, -0.2) is 30.2 Å². The molecule has 0 aliphatic rings. The van der Waals surface area contributed by atoms with Gasteiger partial charge in [-0.25, -0.2) is 4.79 Å². The Morgan fingerprint density at radius 3 is 2.82 bits per heavy atom. The Morgan fingerprint density at radius 1 is 1.41 bits per heavy atom. The summed E-state index contributed by atoms with van der Waals surface area (Å²) >= 11 is 0. The minimum Gasteiger partial charge on any atom is -0.478 e. The Balaban J connectivity index is 2.49. The summed E-state index contributed by atoms with van der Waals surface area (Å²) < 4.78 is 4.94. The highest BCUT2D eigenvalue weighted by atomic mass is 16.5. The fraction of sp³-hybridized carbons (Fsp3) is 0.333. The van der Waals surface area contributed by atoms with Crippen LogP contribution in [0.15, 0.2) is 24.3 Å². The Morgan fingerprint density at radius 2 is 2.18 bits per heavy atom. The first-order chi connectivity index (χ1) is 8.13. The molecule has 0 fully saturated rings. The molecular weight excluding hydrogens is 222 g/mol. The minimum atomic E-state index is -0.979. The standard InChI is InChI=1S/C12H15NO4/c1-2-17-8-11(14)13-7-9-4-3-5-10(6-9)12(15)16/h3-6H,2,7-8H2,1H3,(H,13,14)(H,15,16). The van der Waals surface area contributed by atoms with Gasteiger partial charge in [0, 0.05) is 13.2 Å². The quantitative estimate of drug-likeness (QED) is 0.775. The first-order valence-electron chi connectivity index (χ1n) is 5.30. The maximum Gasteiger partial charge on any atom is 0.335 e. The summed E-state index contributed by atoms with van der Waals surface area (Å²) in [6, 6.07) is 6.44. The van der Waals surface area contributed by atoms with Gasteiger partial charge in [0.15, 0.2) is 0 Å². The molecule has 0 aliphatic heterocycles. The molecule has 5 nitrogen and oxygen atoms in total. The van der Waals surface area contributed by atoms with Crippen LogP contribution in [0.1, 0.15) is 22.8 Å². The van der Waals surface area contributed by atoms with Crippen LogP contribution in [0, 0.1) is 0 Å². The number of carboxylic acid groups (broad SMARTS) is 1. The van der Waals surface area contributed by atoms with Crippen LogP contribution in [0.4, 0.5) is 0 Å². The highest BCUT2D eigenvalue weighted by Crippen LogP contribution is 2.04. The van der Waals surface area contributed by atoms with Gasteiger partial charge in [0.1, 0.15) is 6.61 Å². The second-order valence-electron chi connectivity index (χ2n) is 3.42. The molecule has 1 amide bonds. The SMILES string of the molecule is CCOCC(=O)NCc1cccc(C(=O)O)c1. The van der Waals surface area contributed by atoms with Gasteiger partial charge in [0.25, 0.3) is 0 Å². The normalized spacial score (nSPS) is 9.94. The molecule has 2 N–H and O–H groups in total. The number of carboxylic acids is 1. The number of nitrogens with one attached hydrogen (secondary N) is 1. The van der Waals surface area contributed by atoms with E-state index in [1.54, 1.807) is 12.1 Å². The van der Waals surface area contributed by atoms with Crippen LogP contribution in [0.5, 0.6) is 0 Å². The molecule has 0 saturated heterocycles. The maximum absolute atomic E-state index is 11.2. The molecule has 0 unspecified atom stereocenters. The van der Waals surface area contributed by atoms with E-state index >= 15 is 0 Å². The topological polar surface area (TPSA) is 75.6 Å². The van der Waals surface area contributed by atoms with Crippen molar-refractivity contribution < 1.29 is 19.4 Å². The number of hydrogen-bond acceptors (Lipinski definition) is 3. The van der Waals surface area contributed by atoms with Crippen LogP contribution in [0.25, 0.3) is 0 Å². The van der Waals surface area contributed by atoms with Crippen molar-refractivity contribution in [3.63, 3.8) is 0 Å². The van der Waals surface area contributed by atoms with E-state index in [9.17, 15) is 9.59 Å². The van der Waals surface area contributed by atoms with Gasteiger partial charge < -0.3 is 15.2 Å². The van der Waals surface area contributed by atoms with Gasteiger partial charge in [-0.3, -0.25) is 4.79 Å². The van der Waals surface area contributed by atoms with Crippen LogP contribution >= 0.6 is 0 Å². The molecule has 17 heavy (non-hydrogen) atoms. The molecule has 1 rings (SSSR count). The van der Waals surface area contributed by atoms with Gasteiger partial charge in [0.05, 0.1) is 5.56 Å². The molecule has 0 atom stereocenters. The van der Waals surface area contributed by atoms with Crippen molar-refractivity contribution in [1.29, 1.82) is 0 Å². The van der Waals surface area contributed by atoms with E-state index in [-0.39, 0.29) is 18.1 Å². The number of carbonyl (C=O) groups excluding carboxylic acids is 1. The third kappa shape index (κ3) is 4.65. The monoisotopic (exact) mass is 237 g/mol. The number of amides is 1. The largest absolute Gasteiger partial charge is 0.478 e. The average Bonchev–Trinajstić information content (AvgIpc) is 2.34. The zero-order chi connectivity index (χ0) is 12.7. The summed E-state index contributed by atoms with van der Waals surface area (Å²) in [6.07, 6.45) is 0. The summed E-state index contributed by atoms with van der Waals surface area (Å²) in [5, 5.41) is 11.4. The Kier molecular flexibility index (Phi) is 5.16. The number of aromatic carboxylic acids is 1. The zero-order valence-corrected chi connectivity index (χ0v) is 9.60. The lowest BCUT2D eigenvalue weighted by atomic mass is 10.1. The maximum atomic E-state index is 11.2. The molecule has 1 aromatic rings. The van der Waals surface area contributed by atoms with Gasteiger partial charge in [-0.2, -0.15) is 0 Å². The highest BCUT2D eigenvalue weighted by molar-refractivity contribution is 5.87. The van der Waals surface area contributed by atoms with Gasteiger partial charge in [0.2, 0.25) is 5.91 Å². The number of ether oxygens (including phenoxy) is 1. The van der Waals surface area contributed by atoms with Crippen molar-refractivity contribution in [2.24, 2.45) is 0 Å². The Labute approximate surface area is 99.4 Å². The minimum absolute atomic E-state index is 0.0229. The second kappa shape index (κ2) is 6.65. The summed E-state index contributed by atoms with van der Waals surface area (Å²) in [4.78, 5) is 22.0. The molecule has 0 aliphatic carbocycles. The van der Waals surface area contributed by atoms with Crippen LogP contribution in [0.3, 0.4) is 0 Å². The second-order valence-corrected chi connectivity index (χ2v) is 3.42. The third-order valence-electron chi connectivity index (χ3n) is 2.10. The molecule has 0 bridgehead atoms. The fourth-order valence-electron chi connectivity index (χ4n) is 1.26. The van der Waals surface area contributed by atoms with Crippen molar-refractivity contribution >= 4 is 11.9 Å². The summed E-state index contributed by atoms with van der Waals surface area (Å²) in [6.45, 7) is 2.62. The fourth-order valence-corrected chi connectivity index (χ4v) is 1.26. The predicted molar refractivity (Wildman–Crippen MR) is 61.7 cm³/mol. The Hall–Kier alpha value is -1.88. The van der Waals surface area contributed by atoms with Gasteiger partial charge in [-0.05, 0) is 24.6 Å². The van der Waals surface area contributed by atoms with Crippen molar-refractivity contribution in [3.05, 3.63) is 35.4 Å². The third-order valence-corrected chi connectivity index (χ3v) is 2.10. The number of hydrogen-bond donors (Lipinski definition) is 2. The summed E-state index contributed by atoms with van der Waals surface area (Å²) in [5.74, 6) is -1.19. The van der Waals surface area contributed by atoms with Gasteiger partial charge >= 0.3 is 5.97 Å². The number of rotatable bonds is 6. The molecule has 0 aromatic heterocycles.